The second-order valence-corrected chi connectivity index (χ2v) is 6.81. The van der Waals surface area contributed by atoms with Crippen LogP contribution in [-0.4, -0.2) is 46.5 Å². The number of nitrogens with one attached hydrogen (secondary N) is 3. The number of H-pyrrole nitrogens is 1. The van der Waals surface area contributed by atoms with Crippen molar-refractivity contribution >= 4 is 23.4 Å². The van der Waals surface area contributed by atoms with Gasteiger partial charge in [0.15, 0.2) is 17.3 Å². The Morgan fingerprint density at radius 2 is 1.59 bits per heavy atom. The van der Waals surface area contributed by atoms with E-state index in [0.29, 0.717) is 29.2 Å². The second-order valence-electron chi connectivity index (χ2n) is 6.81. The van der Waals surface area contributed by atoms with Crippen LogP contribution < -0.4 is 24.8 Å². The summed E-state index contributed by atoms with van der Waals surface area (Å²) in [4.78, 5) is 12.8. The van der Waals surface area contributed by atoms with E-state index < -0.39 is 0 Å². The van der Waals surface area contributed by atoms with Crippen molar-refractivity contribution in [3.63, 3.8) is 0 Å². The van der Waals surface area contributed by atoms with E-state index in [0.717, 1.165) is 28.3 Å². The lowest BCUT2D eigenvalue weighted by Gasteiger charge is -2.13. The first-order valence-electron chi connectivity index (χ1n) is 9.75. The molecule has 0 unspecified atom stereocenters. The quantitative estimate of drug-likeness (QED) is 0.377. The van der Waals surface area contributed by atoms with Crippen molar-refractivity contribution in [2.45, 2.75) is 6.92 Å². The van der Waals surface area contributed by atoms with Crippen LogP contribution in [0.5, 0.6) is 17.2 Å². The summed E-state index contributed by atoms with van der Waals surface area (Å²) in [5.41, 5.74) is 3.51. The molecule has 2 aromatic heterocycles. The van der Waals surface area contributed by atoms with Gasteiger partial charge in [0.25, 0.3) is 0 Å². The smallest absolute Gasteiger partial charge is 0.233 e. The monoisotopic (exact) mass is 433 g/mol. The molecule has 2 aromatic carbocycles. The molecule has 0 atom stereocenters. The van der Waals surface area contributed by atoms with E-state index in [-0.39, 0.29) is 0 Å². The fourth-order valence-corrected chi connectivity index (χ4v) is 3.19. The van der Waals surface area contributed by atoms with Gasteiger partial charge >= 0.3 is 0 Å². The minimum atomic E-state index is 0.354. The predicted octanol–water partition coefficient (Wildman–Crippen LogP) is 4.08. The number of hydrogen-bond donors (Lipinski definition) is 3. The Balaban J connectivity index is 1.49. The molecule has 3 N–H and O–H groups in total. The number of aryl methyl sites for hydroxylation is 1. The van der Waals surface area contributed by atoms with Crippen LogP contribution in [0.15, 0.2) is 48.8 Å². The van der Waals surface area contributed by atoms with Gasteiger partial charge in [-0.05, 0) is 48.4 Å². The summed E-state index contributed by atoms with van der Waals surface area (Å²) in [6, 6.07) is 13.3. The molecule has 4 rings (SSSR count). The summed E-state index contributed by atoms with van der Waals surface area (Å²) >= 11 is 0. The summed E-state index contributed by atoms with van der Waals surface area (Å²) in [5.74, 6) is 3.40. The molecule has 0 aliphatic carbocycles. The predicted molar refractivity (Wildman–Crippen MR) is 121 cm³/mol. The first-order valence-corrected chi connectivity index (χ1v) is 9.75. The Morgan fingerprint density at radius 3 is 2.28 bits per heavy atom. The standard InChI is InChI=1S/C22H23N7O3/c1-13-9-15(10-18(31-3)20(13)32-4)25-21-23-12-24-22(27-21)26-19-11-17(28-29-19)14-5-7-16(30-2)8-6-14/h5-12H,1-4H3,(H3,23,24,25,26,27,28,29). The first kappa shape index (κ1) is 20.9. The Kier molecular flexibility index (Phi) is 6.02. The van der Waals surface area contributed by atoms with Gasteiger partial charge in [0, 0.05) is 17.8 Å². The van der Waals surface area contributed by atoms with Crippen molar-refractivity contribution in [1.82, 2.24) is 25.1 Å². The van der Waals surface area contributed by atoms with Crippen LogP contribution >= 0.6 is 0 Å². The highest BCUT2D eigenvalue weighted by molar-refractivity contribution is 5.66. The normalized spacial score (nSPS) is 10.5. The fraction of sp³-hybridized carbons (Fsp3) is 0.182. The molecule has 4 aromatic rings. The zero-order chi connectivity index (χ0) is 22.5. The molecule has 164 valence electrons. The topological polar surface area (TPSA) is 119 Å². The van der Waals surface area contributed by atoms with E-state index in [1.54, 1.807) is 21.3 Å². The van der Waals surface area contributed by atoms with E-state index in [4.69, 9.17) is 14.2 Å². The van der Waals surface area contributed by atoms with E-state index in [2.05, 4.69) is 35.8 Å². The van der Waals surface area contributed by atoms with Gasteiger partial charge in [-0.1, -0.05) is 0 Å². The van der Waals surface area contributed by atoms with Gasteiger partial charge in [-0.15, -0.1) is 0 Å². The van der Waals surface area contributed by atoms with Gasteiger partial charge in [0.2, 0.25) is 11.9 Å². The highest BCUT2D eigenvalue weighted by atomic mass is 16.5. The zero-order valence-corrected chi connectivity index (χ0v) is 18.1. The molecule has 0 spiro atoms. The molecule has 0 aliphatic heterocycles. The molecule has 0 saturated heterocycles. The number of aromatic nitrogens is 5. The third kappa shape index (κ3) is 4.53. The zero-order valence-electron chi connectivity index (χ0n) is 18.1. The molecule has 0 radical (unpaired) electrons. The largest absolute Gasteiger partial charge is 0.497 e. The molecular formula is C22H23N7O3. The number of benzene rings is 2. The maximum atomic E-state index is 5.40. The molecule has 0 saturated carbocycles. The van der Waals surface area contributed by atoms with Crippen LogP contribution in [0.3, 0.4) is 0 Å². The lowest BCUT2D eigenvalue weighted by Crippen LogP contribution is -2.03. The molecule has 0 fully saturated rings. The minimum Gasteiger partial charge on any atom is -0.497 e. The van der Waals surface area contributed by atoms with E-state index in [1.807, 2.05) is 49.4 Å². The number of rotatable bonds is 8. The molecule has 0 aliphatic rings. The average molecular weight is 433 g/mol. The third-order valence-electron chi connectivity index (χ3n) is 4.71. The molecule has 10 heteroatoms. The molecule has 0 bridgehead atoms. The van der Waals surface area contributed by atoms with E-state index in [9.17, 15) is 0 Å². The van der Waals surface area contributed by atoms with Gasteiger partial charge in [-0.3, -0.25) is 5.10 Å². The van der Waals surface area contributed by atoms with Crippen LogP contribution in [0.25, 0.3) is 11.3 Å². The lowest BCUT2D eigenvalue weighted by molar-refractivity contribution is 0.353. The second kappa shape index (κ2) is 9.21. The van der Waals surface area contributed by atoms with Crippen LogP contribution in [0.4, 0.5) is 23.4 Å². The Bertz CT molecular complexity index is 1210. The number of anilines is 4. The Morgan fingerprint density at radius 1 is 0.844 bits per heavy atom. The Labute approximate surface area is 185 Å². The molecule has 0 amide bonds. The van der Waals surface area contributed by atoms with Crippen LogP contribution in [0, 0.1) is 6.92 Å². The summed E-state index contributed by atoms with van der Waals surface area (Å²) in [5, 5.41) is 13.5. The van der Waals surface area contributed by atoms with Gasteiger partial charge < -0.3 is 24.8 Å². The summed E-state index contributed by atoms with van der Waals surface area (Å²) < 4.78 is 16.0. The maximum Gasteiger partial charge on any atom is 0.233 e. The fourth-order valence-electron chi connectivity index (χ4n) is 3.19. The van der Waals surface area contributed by atoms with Crippen molar-refractivity contribution in [3.8, 4) is 28.5 Å². The molecular weight excluding hydrogens is 410 g/mol. The average Bonchev–Trinajstić information content (AvgIpc) is 3.27. The maximum absolute atomic E-state index is 5.40. The Hall–Kier alpha value is -4.34. The number of hydrogen-bond acceptors (Lipinski definition) is 9. The van der Waals surface area contributed by atoms with Crippen molar-refractivity contribution in [3.05, 3.63) is 54.4 Å². The number of methoxy groups -OCH3 is 3. The molecule has 32 heavy (non-hydrogen) atoms. The first-order chi connectivity index (χ1) is 15.6. The number of aromatic amines is 1. The summed E-state index contributed by atoms with van der Waals surface area (Å²) in [6.07, 6.45) is 1.42. The van der Waals surface area contributed by atoms with Crippen LogP contribution in [-0.2, 0) is 0 Å². The van der Waals surface area contributed by atoms with Crippen molar-refractivity contribution < 1.29 is 14.2 Å². The van der Waals surface area contributed by atoms with Crippen LogP contribution in [0.1, 0.15) is 5.56 Å². The van der Waals surface area contributed by atoms with Gasteiger partial charge in [0.1, 0.15) is 12.1 Å². The van der Waals surface area contributed by atoms with E-state index in [1.165, 1.54) is 6.33 Å². The summed E-state index contributed by atoms with van der Waals surface area (Å²) in [7, 11) is 4.84. The van der Waals surface area contributed by atoms with Gasteiger partial charge in [0.05, 0.1) is 27.0 Å². The van der Waals surface area contributed by atoms with Gasteiger partial charge in [-0.25, -0.2) is 9.97 Å². The third-order valence-corrected chi connectivity index (χ3v) is 4.71. The van der Waals surface area contributed by atoms with Crippen molar-refractivity contribution in [2.75, 3.05) is 32.0 Å². The number of nitrogens with zero attached hydrogens (tertiary/aromatic N) is 4. The molecule has 10 nitrogen and oxygen atoms in total. The SMILES string of the molecule is COc1ccc(-c2cc(Nc3ncnc(Nc4cc(C)c(OC)c(OC)c4)n3)n[nH]2)cc1. The van der Waals surface area contributed by atoms with Crippen LogP contribution in [0.2, 0.25) is 0 Å². The lowest BCUT2D eigenvalue weighted by atomic mass is 10.1. The highest BCUT2D eigenvalue weighted by Crippen LogP contribution is 2.34. The minimum absolute atomic E-state index is 0.354. The number of ether oxygens (including phenoxy) is 3. The van der Waals surface area contributed by atoms with Gasteiger partial charge in [-0.2, -0.15) is 10.1 Å². The summed E-state index contributed by atoms with van der Waals surface area (Å²) in [6.45, 7) is 1.94. The van der Waals surface area contributed by atoms with E-state index >= 15 is 0 Å². The molecule has 2 heterocycles. The van der Waals surface area contributed by atoms with Crippen molar-refractivity contribution in [1.29, 1.82) is 0 Å². The van der Waals surface area contributed by atoms with Crippen molar-refractivity contribution in [2.24, 2.45) is 0 Å². The highest BCUT2D eigenvalue weighted by Gasteiger charge is 2.11.